The van der Waals surface area contributed by atoms with Crippen LogP contribution in [0.3, 0.4) is 0 Å². The van der Waals surface area contributed by atoms with Crippen molar-refractivity contribution >= 4 is 12.0 Å². The van der Waals surface area contributed by atoms with Gasteiger partial charge in [0.1, 0.15) is 0 Å². The molecule has 0 bridgehead atoms. The number of nitrogens with zero attached hydrogens (tertiary/aromatic N) is 1. The van der Waals surface area contributed by atoms with E-state index >= 15 is 0 Å². The summed E-state index contributed by atoms with van der Waals surface area (Å²) in [6.07, 6.45) is 4.60. The molecule has 2 amide bonds. The molecule has 2 rings (SSSR count). The summed E-state index contributed by atoms with van der Waals surface area (Å²) in [6, 6.07) is -0.133. The van der Waals surface area contributed by atoms with Gasteiger partial charge in [-0.25, -0.2) is 4.79 Å². The highest BCUT2D eigenvalue weighted by Gasteiger charge is 2.43. The SMILES string of the molecule is COCCC1(CNC(=O)N2CCCC(C)(C(=O)O)C2)CC1. The van der Waals surface area contributed by atoms with Gasteiger partial charge < -0.3 is 20.1 Å². The van der Waals surface area contributed by atoms with E-state index in [1.54, 1.807) is 18.9 Å². The highest BCUT2D eigenvalue weighted by atomic mass is 16.5. The number of carbonyl (C=O) groups excluding carboxylic acids is 1. The average molecular weight is 298 g/mol. The first-order chi connectivity index (χ1) is 9.91. The Hall–Kier alpha value is -1.30. The van der Waals surface area contributed by atoms with Crippen molar-refractivity contribution in [3.63, 3.8) is 0 Å². The second-order valence-electron chi connectivity index (χ2n) is 6.79. The van der Waals surface area contributed by atoms with Gasteiger partial charge in [-0.15, -0.1) is 0 Å². The van der Waals surface area contributed by atoms with Crippen molar-refractivity contribution in [1.29, 1.82) is 0 Å². The number of likely N-dealkylation sites (tertiary alicyclic amines) is 1. The molecule has 2 fully saturated rings. The van der Waals surface area contributed by atoms with E-state index < -0.39 is 11.4 Å². The first kappa shape index (κ1) is 16.1. The van der Waals surface area contributed by atoms with E-state index in [0.717, 1.165) is 32.3 Å². The molecule has 1 saturated carbocycles. The number of carbonyl (C=O) groups is 2. The van der Waals surface area contributed by atoms with Gasteiger partial charge in [-0.05, 0) is 44.4 Å². The summed E-state index contributed by atoms with van der Waals surface area (Å²) < 4.78 is 5.11. The summed E-state index contributed by atoms with van der Waals surface area (Å²) in [5.41, 5.74) is -0.611. The minimum absolute atomic E-state index is 0.133. The Morgan fingerprint density at radius 2 is 2.05 bits per heavy atom. The number of carboxylic acid groups (broad SMARTS) is 1. The maximum atomic E-state index is 12.2. The predicted octanol–water partition coefficient (Wildman–Crippen LogP) is 1.70. The fraction of sp³-hybridized carbons (Fsp3) is 0.867. The quantitative estimate of drug-likeness (QED) is 0.782. The Balaban J connectivity index is 1.82. The number of urea groups is 1. The van der Waals surface area contributed by atoms with Crippen molar-refractivity contribution in [3.05, 3.63) is 0 Å². The van der Waals surface area contributed by atoms with Crippen molar-refractivity contribution in [3.8, 4) is 0 Å². The van der Waals surface area contributed by atoms with E-state index in [1.807, 2.05) is 0 Å². The molecule has 6 heteroatoms. The molecular formula is C15H26N2O4. The molecule has 1 saturated heterocycles. The molecule has 6 nitrogen and oxygen atoms in total. The molecule has 0 aromatic rings. The molecule has 1 aliphatic carbocycles. The minimum Gasteiger partial charge on any atom is -0.481 e. The van der Waals surface area contributed by atoms with E-state index in [0.29, 0.717) is 26.1 Å². The molecule has 2 N–H and O–H groups in total. The number of piperidine rings is 1. The van der Waals surface area contributed by atoms with Gasteiger partial charge in [0.15, 0.2) is 0 Å². The second kappa shape index (κ2) is 6.22. The van der Waals surface area contributed by atoms with Gasteiger partial charge >= 0.3 is 12.0 Å². The summed E-state index contributed by atoms with van der Waals surface area (Å²) in [6.45, 7) is 4.03. The third-order valence-corrected chi connectivity index (χ3v) is 4.91. The summed E-state index contributed by atoms with van der Waals surface area (Å²) in [5, 5.41) is 12.3. The lowest BCUT2D eigenvalue weighted by atomic mass is 9.82. The maximum absolute atomic E-state index is 12.2. The molecule has 1 atom stereocenters. The van der Waals surface area contributed by atoms with E-state index in [4.69, 9.17) is 4.74 Å². The number of carboxylic acids is 1. The summed E-state index contributed by atoms with van der Waals surface area (Å²) in [7, 11) is 1.69. The first-order valence-corrected chi connectivity index (χ1v) is 7.66. The number of rotatable bonds is 6. The molecule has 1 aliphatic heterocycles. The number of aliphatic carboxylic acids is 1. The predicted molar refractivity (Wildman–Crippen MR) is 78.1 cm³/mol. The van der Waals surface area contributed by atoms with Crippen molar-refractivity contribution in [1.82, 2.24) is 10.2 Å². The zero-order valence-electron chi connectivity index (χ0n) is 13.0. The first-order valence-electron chi connectivity index (χ1n) is 7.66. The molecular weight excluding hydrogens is 272 g/mol. The topological polar surface area (TPSA) is 78.9 Å². The standard InChI is InChI=1S/C15H26N2O4/c1-14(12(18)19)4-3-8-17(11-14)13(20)16-10-15(5-6-15)7-9-21-2/h3-11H2,1-2H3,(H,16,20)(H,18,19). The van der Waals surface area contributed by atoms with Gasteiger partial charge in [-0.2, -0.15) is 0 Å². The van der Waals surface area contributed by atoms with Crippen LogP contribution in [0.25, 0.3) is 0 Å². The Morgan fingerprint density at radius 3 is 2.62 bits per heavy atom. The van der Waals surface area contributed by atoms with E-state index in [1.165, 1.54) is 0 Å². The summed E-state index contributed by atoms with van der Waals surface area (Å²) in [4.78, 5) is 25.2. The Morgan fingerprint density at radius 1 is 1.33 bits per heavy atom. The molecule has 120 valence electrons. The molecule has 1 heterocycles. The highest BCUT2D eigenvalue weighted by Crippen LogP contribution is 2.48. The van der Waals surface area contributed by atoms with Crippen LogP contribution >= 0.6 is 0 Å². The summed E-state index contributed by atoms with van der Waals surface area (Å²) in [5.74, 6) is -0.821. The van der Waals surface area contributed by atoms with Crippen LogP contribution in [-0.2, 0) is 9.53 Å². The Kier molecular flexibility index (Phi) is 4.76. The molecule has 0 spiro atoms. The van der Waals surface area contributed by atoms with Crippen LogP contribution in [0.15, 0.2) is 0 Å². The molecule has 0 aromatic heterocycles. The third-order valence-electron chi connectivity index (χ3n) is 4.91. The largest absolute Gasteiger partial charge is 0.481 e. The van der Waals surface area contributed by atoms with Crippen LogP contribution in [-0.4, -0.2) is 55.4 Å². The normalized spacial score (nSPS) is 27.2. The van der Waals surface area contributed by atoms with Gasteiger partial charge in [-0.3, -0.25) is 4.79 Å². The molecule has 0 radical (unpaired) electrons. The maximum Gasteiger partial charge on any atom is 0.317 e. The fourth-order valence-electron chi connectivity index (χ4n) is 2.97. The van der Waals surface area contributed by atoms with Crippen LogP contribution in [0.4, 0.5) is 4.79 Å². The van der Waals surface area contributed by atoms with Crippen LogP contribution < -0.4 is 5.32 Å². The van der Waals surface area contributed by atoms with Gasteiger partial charge in [0, 0.05) is 33.4 Å². The van der Waals surface area contributed by atoms with Crippen molar-refractivity contribution in [2.24, 2.45) is 10.8 Å². The molecule has 21 heavy (non-hydrogen) atoms. The van der Waals surface area contributed by atoms with Crippen LogP contribution in [0, 0.1) is 10.8 Å². The van der Waals surface area contributed by atoms with Crippen LogP contribution in [0.1, 0.15) is 39.0 Å². The zero-order valence-corrected chi connectivity index (χ0v) is 13.0. The number of amides is 2. The van der Waals surface area contributed by atoms with Crippen molar-refractivity contribution < 1.29 is 19.4 Å². The molecule has 1 unspecified atom stereocenters. The van der Waals surface area contributed by atoms with Gasteiger partial charge in [0.25, 0.3) is 0 Å². The van der Waals surface area contributed by atoms with Crippen molar-refractivity contribution in [2.45, 2.75) is 39.0 Å². The van der Waals surface area contributed by atoms with Crippen LogP contribution in [0.2, 0.25) is 0 Å². The fourth-order valence-corrected chi connectivity index (χ4v) is 2.97. The Bertz CT molecular complexity index is 408. The average Bonchev–Trinajstić information content (AvgIpc) is 3.23. The lowest BCUT2D eigenvalue weighted by Crippen LogP contribution is -2.52. The van der Waals surface area contributed by atoms with E-state index in [2.05, 4.69) is 5.32 Å². The van der Waals surface area contributed by atoms with Crippen molar-refractivity contribution in [2.75, 3.05) is 33.4 Å². The lowest BCUT2D eigenvalue weighted by Gasteiger charge is -2.37. The second-order valence-corrected chi connectivity index (χ2v) is 6.79. The van der Waals surface area contributed by atoms with Crippen LogP contribution in [0.5, 0.6) is 0 Å². The highest BCUT2D eigenvalue weighted by molar-refractivity contribution is 5.78. The number of nitrogens with one attached hydrogen (secondary N) is 1. The smallest absolute Gasteiger partial charge is 0.317 e. The monoisotopic (exact) mass is 298 g/mol. The van der Waals surface area contributed by atoms with Gasteiger partial charge in [0.2, 0.25) is 0 Å². The van der Waals surface area contributed by atoms with E-state index in [9.17, 15) is 14.7 Å². The lowest BCUT2D eigenvalue weighted by molar-refractivity contribution is -0.150. The summed E-state index contributed by atoms with van der Waals surface area (Å²) >= 11 is 0. The Labute approximate surface area is 125 Å². The number of ether oxygens (including phenoxy) is 1. The third kappa shape index (κ3) is 3.87. The van der Waals surface area contributed by atoms with Gasteiger partial charge in [0.05, 0.1) is 5.41 Å². The molecule has 2 aliphatic rings. The number of hydrogen-bond donors (Lipinski definition) is 2. The molecule has 0 aromatic carbocycles. The minimum atomic E-state index is -0.821. The number of methoxy groups -OCH3 is 1. The van der Waals surface area contributed by atoms with E-state index in [-0.39, 0.29) is 11.4 Å². The number of hydrogen-bond acceptors (Lipinski definition) is 3. The van der Waals surface area contributed by atoms with Gasteiger partial charge in [-0.1, -0.05) is 0 Å². The zero-order chi connectivity index (χ0) is 15.5.